The van der Waals surface area contributed by atoms with Crippen LogP contribution in [0.25, 0.3) is 0 Å². The van der Waals surface area contributed by atoms with E-state index in [0.29, 0.717) is 6.04 Å². The van der Waals surface area contributed by atoms with Crippen molar-refractivity contribution in [1.29, 1.82) is 0 Å². The van der Waals surface area contributed by atoms with E-state index in [9.17, 15) is 0 Å². The Hall–Kier alpha value is -1.35. The smallest absolute Gasteiger partial charge is 0.129 e. The number of halogens is 1. The summed E-state index contributed by atoms with van der Waals surface area (Å²) in [6, 6.07) is 15.0. The van der Waals surface area contributed by atoms with Crippen LogP contribution in [0.15, 0.2) is 53.3 Å². The van der Waals surface area contributed by atoms with Gasteiger partial charge in [0.15, 0.2) is 0 Å². The van der Waals surface area contributed by atoms with Gasteiger partial charge in [-0.25, -0.2) is 4.98 Å². The van der Waals surface area contributed by atoms with E-state index in [2.05, 4.69) is 63.5 Å². The number of rotatable bonds is 5. The average molecular weight is 305 g/mol. The lowest BCUT2D eigenvalue weighted by Gasteiger charge is -2.15. The van der Waals surface area contributed by atoms with Crippen LogP contribution in [-0.4, -0.2) is 11.0 Å². The molecule has 0 saturated carbocycles. The molecule has 1 heterocycles. The molecule has 0 aliphatic rings. The van der Waals surface area contributed by atoms with Crippen LogP contribution >= 0.6 is 15.9 Å². The van der Waals surface area contributed by atoms with Crippen LogP contribution in [0.1, 0.15) is 18.9 Å². The molecule has 0 fully saturated rings. The zero-order valence-corrected chi connectivity index (χ0v) is 12.0. The molecular weight excluding hydrogens is 288 g/mol. The number of pyridine rings is 1. The standard InChI is InChI=1S/C15H17BrN2/c1-12(9-10-13-6-3-2-4-7-13)18-14-8-5-11-17-15(14)16/h2-8,11-12,18H,9-10H2,1H3. The van der Waals surface area contributed by atoms with Gasteiger partial charge in [-0.15, -0.1) is 0 Å². The molecule has 0 aliphatic heterocycles. The fourth-order valence-corrected chi connectivity index (χ4v) is 2.22. The summed E-state index contributed by atoms with van der Waals surface area (Å²) in [7, 11) is 0. The minimum absolute atomic E-state index is 0.422. The molecule has 0 aliphatic carbocycles. The van der Waals surface area contributed by atoms with Crippen molar-refractivity contribution in [2.75, 3.05) is 5.32 Å². The molecule has 1 aromatic carbocycles. The molecule has 3 heteroatoms. The van der Waals surface area contributed by atoms with Crippen molar-refractivity contribution < 1.29 is 0 Å². The largest absolute Gasteiger partial charge is 0.380 e. The molecule has 0 saturated heterocycles. The lowest BCUT2D eigenvalue weighted by molar-refractivity contribution is 0.705. The minimum atomic E-state index is 0.422. The highest BCUT2D eigenvalue weighted by Crippen LogP contribution is 2.20. The number of benzene rings is 1. The summed E-state index contributed by atoms with van der Waals surface area (Å²) in [6.07, 6.45) is 3.97. The van der Waals surface area contributed by atoms with Crippen LogP contribution < -0.4 is 5.32 Å². The third-order valence-corrected chi connectivity index (χ3v) is 3.50. The number of hydrogen-bond donors (Lipinski definition) is 1. The zero-order valence-electron chi connectivity index (χ0n) is 10.4. The molecule has 18 heavy (non-hydrogen) atoms. The van der Waals surface area contributed by atoms with Gasteiger partial charge in [0, 0.05) is 12.2 Å². The number of nitrogens with zero attached hydrogens (tertiary/aromatic N) is 1. The first-order valence-corrected chi connectivity index (χ1v) is 6.96. The predicted octanol–water partition coefficient (Wildman–Crippen LogP) is 4.28. The highest BCUT2D eigenvalue weighted by atomic mass is 79.9. The molecular formula is C15H17BrN2. The molecule has 94 valence electrons. The Labute approximate surface area is 117 Å². The highest BCUT2D eigenvalue weighted by Gasteiger charge is 2.05. The van der Waals surface area contributed by atoms with Gasteiger partial charge in [0.2, 0.25) is 0 Å². The summed E-state index contributed by atoms with van der Waals surface area (Å²) in [5.74, 6) is 0. The molecule has 0 radical (unpaired) electrons. The van der Waals surface area contributed by atoms with Crippen LogP contribution in [-0.2, 0) is 6.42 Å². The number of anilines is 1. The van der Waals surface area contributed by atoms with E-state index in [-0.39, 0.29) is 0 Å². The molecule has 0 bridgehead atoms. The second-order valence-electron chi connectivity index (χ2n) is 4.41. The van der Waals surface area contributed by atoms with Crippen LogP contribution in [0, 0.1) is 0 Å². The normalized spacial score (nSPS) is 12.1. The van der Waals surface area contributed by atoms with Crippen LogP contribution in [0.2, 0.25) is 0 Å². The Balaban J connectivity index is 1.86. The Bertz CT molecular complexity index is 485. The fourth-order valence-electron chi connectivity index (χ4n) is 1.86. The summed E-state index contributed by atoms with van der Waals surface area (Å²) >= 11 is 3.45. The van der Waals surface area contributed by atoms with E-state index >= 15 is 0 Å². The van der Waals surface area contributed by atoms with Gasteiger partial charge >= 0.3 is 0 Å². The summed E-state index contributed by atoms with van der Waals surface area (Å²) < 4.78 is 0.872. The maximum Gasteiger partial charge on any atom is 0.129 e. The van der Waals surface area contributed by atoms with Crippen molar-refractivity contribution in [3.05, 3.63) is 58.8 Å². The molecule has 1 N–H and O–H groups in total. The molecule has 1 aromatic heterocycles. The number of hydrogen-bond acceptors (Lipinski definition) is 2. The van der Waals surface area contributed by atoms with Crippen molar-refractivity contribution in [3.8, 4) is 0 Å². The Morgan fingerprint density at radius 2 is 1.94 bits per heavy atom. The first-order valence-electron chi connectivity index (χ1n) is 6.16. The minimum Gasteiger partial charge on any atom is -0.380 e. The Kier molecular flexibility index (Phi) is 4.76. The van der Waals surface area contributed by atoms with Gasteiger partial charge < -0.3 is 5.32 Å². The lowest BCUT2D eigenvalue weighted by atomic mass is 10.1. The van der Waals surface area contributed by atoms with Gasteiger partial charge in [-0.05, 0) is 53.4 Å². The summed E-state index contributed by atoms with van der Waals surface area (Å²) in [5.41, 5.74) is 2.44. The highest BCUT2D eigenvalue weighted by molar-refractivity contribution is 9.10. The maximum atomic E-state index is 4.20. The quantitative estimate of drug-likeness (QED) is 0.834. The fraction of sp³-hybridized carbons (Fsp3) is 0.267. The summed E-state index contributed by atoms with van der Waals surface area (Å²) in [6.45, 7) is 2.20. The SMILES string of the molecule is CC(CCc1ccccc1)Nc1cccnc1Br. The second-order valence-corrected chi connectivity index (χ2v) is 5.16. The Morgan fingerprint density at radius 3 is 2.67 bits per heavy atom. The lowest BCUT2D eigenvalue weighted by Crippen LogP contribution is -2.16. The monoisotopic (exact) mass is 304 g/mol. The molecule has 0 amide bonds. The maximum absolute atomic E-state index is 4.20. The third kappa shape index (κ3) is 3.84. The van der Waals surface area contributed by atoms with Crippen LogP contribution in [0.5, 0.6) is 0 Å². The van der Waals surface area contributed by atoms with E-state index in [1.165, 1.54) is 5.56 Å². The van der Waals surface area contributed by atoms with Crippen molar-refractivity contribution in [1.82, 2.24) is 4.98 Å². The number of aryl methyl sites for hydroxylation is 1. The van der Waals surface area contributed by atoms with E-state index in [1.54, 1.807) is 6.20 Å². The van der Waals surface area contributed by atoms with Crippen molar-refractivity contribution >= 4 is 21.6 Å². The van der Waals surface area contributed by atoms with Gasteiger partial charge in [-0.1, -0.05) is 30.3 Å². The first-order chi connectivity index (χ1) is 8.75. The van der Waals surface area contributed by atoms with Crippen molar-refractivity contribution in [2.24, 2.45) is 0 Å². The van der Waals surface area contributed by atoms with Crippen LogP contribution in [0.3, 0.4) is 0 Å². The van der Waals surface area contributed by atoms with E-state index < -0.39 is 0 Å². The molecule has 1 atom stereocenters. The van der Waals surface area contributed by atoms with Crippen molar-refractivity contribution in [3.63, 3.8) is 0 Å². The summed E-state index contributed by atoms with van der Waals surface area (Å²) in [4.78, 5) is 4.20. The van der Waals surface area contributed by atoms with Gasteiger partial charge in [0.25, 0.3) is 0 Å². The Morgan fingerprint density at radius 1 is 1.17 bits per heavy atom. The van der Waals surface area contributed by atoms with Crippen LogP contribution in [0.4, 0.5) is 5.69 Å². The van der Waals surface area contributed by atoms with Crippen molar-refractivity contribution in [2.45, 2.75) is 25.8 Å². The van der Waals surface area contributed by atoms with E-state index in [0.717, 1.165) is 23.1 Å². The molecule has 2 rings (SSSR count). The average Bonchev–Trinajstić information content (AvgIpc) is 2.40. The molecule has 0 spiro atoms. The van der Waals surface area contributed by atoms with Gasteiger partial charge in [-0.2, -0.15) is 0 Å². The molecule has 2 aromatic rings. The predicted molar refractivity (Wildman–Crippen MR) is 79.8 cm³/mol. The first kappa shape index (κ1) is 13.1. The summed E-state index contributed by atoms with van der Waals surface area (Å²) in [5, 5.41) is 3.47. The van der Waals surface area contributed by atoms with Gasteiger partial charge in [0.05, 0.1) is 5.69 Å². The second kappa shape index (κ2) is 6.55. The topological polar surface area (TPSA) is 24.9 Å². The zero-order chi connectivity index (χ0) is 12.8. The van der Waals surface area contributed by atoms with E-state index in [1.807, 2.05) is 12.1 Å². The van der Waals surface area contributed by atoms with Gasteiger partial charge in [-0.3, -0.25) is 0 Å². The third-order valence-electron chi connectivity index (χ3n) is 2.87. The van der Waals surface area contributed by atoms with E-state index in [4.69, 9.17) is 0 Å². The molecule has 2 nitrogen and oxygen atoms in total. The molecule has 1 unspecified atom stereocenters. The number of nitrogens with one attached hydrogen (secondary N) is 1. The number of aromatic nitrogens is 1. The van der Waals surface area contributed by atoms with Gasteiger partial charge in [0.1, 0.15) is 4.60 Å².